The summed E-state index contributed by atoms with van der Waals surface area (Å²) in [5.74, 6) is -0.389. The first kappa shape index (κ1) is 13.0. The maximum atomic E-state index is 12.3. The van der Waals surface area contributed by atoms with Gasteiger partial charge in [-0.15, -0.1) is 10.2 Å². The van der Waals surface area contributed by atoms with E-state index in [4.69, 9.17) is 0 Å². The standard InChI is InChI=1S/C15H12N4O2/c1-10(20)12-4-2-3-5-13(12)17-15(21)11-6-7-14-18-16-9-19(14)8-11/h2-9H,1H3,(H,17,21). The van der Waals surface area contributed by atoms with Gasteiger partial charge in [-0.25, -0.2) is 0 Å². The zero-order valence-corrected chi connectivity index (χ0v) is 11.3. The number of para-hydroxylation sites is 1. The third-order valence-corrected chi connectivity index (χ3v) is 3.11. The van der Waals surface area contributed by atoms with Gasteiger partial charge in [0.1, 0.15) is 6.33 Å². The van der Waals surface area contributed by atoms with Crippen LogP contribution in [0.25, 0.3) is 5.65 Å². The van der Waals surface area contributed by atoms with Gasteiger partial charge in [0.2, 0.25) is 0 Å². The summed E-state index contributed by atoms with van der Waals surface area (Å²) < 4.78 is 1.66. The molecule has 1 amide bonds. The molecule has 0 saturated heterocycles. The summed E-state index contributed by atoms with van der Waals surface area (Å²) in [6.45, 7) is 1.47. The minimum absolute atomic E-state index is 0.0971. The molecule has 0 radical (unpaired) electrons. The Hall–Kier alpha value is -3.02. The molecule has 0 bridgehead atoms. The number of anilines is 1. The molecule has 0 unspecified atom stereocenters. The monoisotopic (exact) mass is 280 g/mol. The van der Waals surface area contributed by atoms with Gasteiger partial charge in [-0.2, -0.15) is 0 Å². The topological polar surface area (TPSA) is 76.4 Å². The van der Waals surface area contributed by atoms with Gasteiger partial charge in [0, 0.05) is 11.8 Å². The van der Waals surface area contributed by atoms with E-state index in [0.29, 0.717) is 22.5 Å². The lowest BCUT2D eigenvalue weighted by Crippen LogP contribution is -2.14. The second kappa shape index (κ2) is 5.16. The summed E-state index contributed by atoms with van der Waals surface area (Å²) >= 11 is 0. The van der Waals surface area contributed by atoms with E-state index in [9.17, 15) is 9.59 Å². The van der Waals surface area contributed by atoms with Crippen LogP contribution in [0, 0.1) is 0 Å². The van der Waals surface area contributed by atoms with Crippen molar-refractivity contribution in [1.29, 1.82) is 0 Å². The van der Waals surface area contributed by atoms with Crippen LogP contribution in [-0.2, 0) is 0 Å². The van der Waals surface area contributed by atoms with Crippen LogP contribution in [0.3, 0.4) is 0 Å². The second-order valence-corrected chi connectivity index (χ2v) is 4.57. The van der Waals surface area contributed by atoms with Gasteiger partial charge in [-0.3, -0.25) is 14.0 Å². The van der Waals surface area contributed by atoms with E-state index in [1.807, 2.05) is 0 Å². The normalized spacial score (nSPS) is 10.5. The molecule has 0 atom stereocenters. The molecule has 6 heteroatoms. The first-order valence-electron chi connectivity index (χ1n) is 6.36. The Morgan fingerprint density at radius 1 is 1.14 bits per heavy atom. The summed E-state index contributed by atoms with van der Waals surface area (Å²) in [7, 11) is 0. The van der Waals surface area contributed by atoms with Crippen molar-refractivity contribution in [3.05, 3.63) is 60.0 Å². The number of fused-ring (bicyclic) bond motifs is 1. The van der Waals surface area contributed by atoms with E-state index < -0.39 is 0 Å². The molecular formula is C15H12N4O2. The summed E-state index contributed by atoms with van der Waals surface area (Å²) in [6, 6.07) is 10.3. The van der Waals surface area contributed by atoms with Crippen LogP contribution in [0.15, 0.2) is 48.9 Å². The van der Waals surface area contributed by atoms with E-state index in [-0.39, 0.29) is 11.7 Å². The molecule has 0 aliphatic carbocycles. The van der Waals surface area contributed by atoms with Gasteiger partial charge in [0.15, 0.2) is 11.4 Å². The molecule has 104 valence electrons. The average molecular weight is 280 g/mol. The largest absolute Gasteiger partial charge is 0.321 e. The molecule has 6 nitrogen and oxygen atoms in total. The van der Waals surface area contributed by atoms with Crippen LogP contribution in [0.4, 0.5) is 5.69 Å². The maximum Gasteiger partial charge on any atom is 0.257 e. The minimum Gasteiger partial charge on any atom is -0.321 e. The first-order chi connectivity index (χ1) is 10.1. The van der Waals surface area contributed by atoms with Gasteiger partial charge >= 0.3 is 0 Å². The lowest BCUT2D eigenvalue weighted by molar-refractivity contribution is 0.101. The first-order valence-corrected chi connectivity index (χ1v) is 6.36. The van der Waals surface area contributed by atoms with Crippen LogP contribution < -0.4 is 5.32 Å². The van der Waals surface area contributed by atoms with E-state index in [1.165, 1.54) is 13.3 Å². The van der Waals surface area contributed by atoms with Crippen LogP contribution >= 0.6 is 0 Å². The summed E-state index contributed by atoms with van der Waals surface area (Å²) in [5, 5.41) is 10.4. The highest BCUT2D eigenvalue weighted by atomic mass is 16.1. The van der Waals surface area contributed by atoms with E-state index >= 15 is 0 Å². The van der Waals surface area contributed by atoms with Crippen molar-refractivity contribution in [1.82, 2.24) is 14.6 Å². The third-order valence-electron chi connectivity index (χ3n) is 3.11. The van der Waals surface area contributed by atoms with Crippen LogP contribution in [0.1, 0.15) is 27.6 Å². The molecule has 1 N–H and O–H groups in total. The number of Topliss-reactive ketones (excluding diaryl/α,β-unsaturated/α-hetero) is 1. The van der Waals surface area contributed by atoms with Gasteiger partial charge in [0.05, 0.1) is 11.3 Å². The molecule has 1 aromatic carbocycles. The number of carbonyl (C=O) groups excluding carboxylic acids is 2. The highest BCUT2D eigenvalue weighted by Crippen LogP contribution is 2.17. The lowest BCUT2D eigenvalue weighted by atomic mass is 10.1. The number of nitrogens with one attached hydrogen (secondary N) is 1. The Morgan fingerprint density at radius 2 is 1.95 bits per heavy atom. The molecular weight excluding hydrogens is 268 g/mol. The van der Waals surface area contributed by atoms with E-state index in [0.717, 1.165) is 0 Å². The zero-order chi connectivity index (χ0) is 14.8. The molecule has 21 heavy (non-hydrogen) atoms. The molecule has 0 fully saturated rings. The van der Waals surface area contributed by atoms with Crippen LogP contribution in [-0.4, -0.2) is 26.3 Å². The SMILES string of the molecule is CC(=O)c1ccccc1NC(=O)c1ccc2nncn2c1. The zero-order valence-electron chi connectivity index (χ0n) is 11.3. The number of benzene rings is 1. The fraction of sp³-hybridized carbons (Fsp3) is 0.0667. The third kappa shape index (κ3) is 2.51. The smallest absolute Gasteiger partial charge is 0.257 e. The minimum atomic E-state index is -0.292. The molecule has 0 saturated carbocycles. The number of hydrogen-bond acceptors (Lipinski definition) is 4. The number of aromatic nitrogens is 3. The average Bonchev–Trinajstić information content (AvgIpc) is 2.94. The van der Waals surface area contributed by atoms with Crippen molar-refractivity contribution in [2.75, 3.05) is 5.32 Å². The molecule has 3 rings (SSSR count). The quantitative estimate of drug-likeness (QED) is 0.746. The highest BCUT2D eigenvalue weighted by molar-refractivity contribution is 6.08. The summed E-state index contributed by atoms with van der Waals surface area (Å²) in [4.78, 5) is 23.8. The van der Waals surface area contributed by atoms with E-state index in [1.54, 1.807) is 47.0 Å². The van der Waals surface area contributed by atoms with Gasteiger partial charge < -0.3 is 5.32 Å². The molecule has 0 spiro atoms. The maximum absolute atomic E-state index is 12.3. The Balaban J connectivity index is 1.91. The Morgan fingerprint density at radius 3 is 2.76 bits per heavy atom. The van der Waals surface area contributed by atoms with Gasteiger partial charge in [-0.05, 0) is 31.2 Å². The number of nitrogens with zero attached hydrogens (tertiary/aromatic N) is 3. The van der Waals surface area contributed by atoms with Gasteiger partial charge in [0.25, 0.3) is 5.91 Å². The number of ketones is 1. The fourth-order valence-corrected chi connectivity index (χ4v) is 2.06. The second-order valence-electron chi connectivity index (χ2n) is 4.57. The van der Waals surface area contributed by atoms with Crippen molar-refractivity contribution in [3.63, 3.8) is 0 Å². The van der Waals surface area contributed by atoms with Crippen molar-refractivity contribution in [3.8, 4) is 0 Å². The Labute approximate surface area is 120 Å². The van der Waals surface area contributed by atoms with Crippen LogP contribution in [0.2, 0.25) is 0 Å². The fourth-order valence-electron chi connectivity index (χ4n) is 2.06. The molecule has 2 heterocycles. The van der Waals surface area contributed by atoms with Crippen molar-refractivity contribution in [2.45, 2.75) is 6.92 Å². The van der Waals surface area contributed by atoms with Gasteiger partial charge in [-0.1, -0.05) is 12.1 Å². The van der Waals surface area contributed by atoms with Crippen LogP contribution in [0.5, 0.6) is 0 Å². The van der Waals surface area contributed by atoms with Crippen molar-refractivity contribution in [2.24, 2.45) is 0 Å². The molecule has 3 aromatic rings. The van der Waals surface area contributed by atoms with Crippen molar-refractivity contribution >= 4 is 23.0 Å². The number of hydrogen-bond donors (Lipinski definition) is 1. The molecule has 0 aliphatic rings. The lowest BCUT2D eigenvalue weighted by Gasteiger charge is -2.09. The number of amides is 1. The Kier molecular flexibility index (Phi) is 3.19. The summed E-state index contributed by atoms with van der Waals surface area (Å²) in [6.07, 6.45) is 3.16. The number of pyridine rings is 1. The summed E-state index contributed by atoms with van der Waals surface area (Å²) in [5.41, 5.74) is 2.10. The predicted octanol–water partition coefficient (Wildman–Crippen LogP) is 2.18. The number of rotatable bonds is 3. The Bertz CT molecular complexity index is 838. The molecule has 2 aromatic heterocycles. The number of carbonyl (C=O) groups is 2. The predicted molar refractivity (Wildman–Crippen MR) is 77.4 cm³/mol. The van der Waals surface area contributed by atoms with E-state index in [2.05, 4.69) is 15.5 Å². The molecule has 0 aliphatic heterocycles. The van der Waals surface area contributed by atoms with Crippen molar-refractivity contribution < 1.29 is 9.59 Å². The highest BCUT2D eigenvalue weighted by Gasteiger charge is 2.12.